The maximum atomic E-state index is 11.5. The second-order valence-corrected chi connectivity index (χ2v) is 4.92. The van der Waals surface area contributed by atoms with Gasteiger partial charge in [-0.1, -0.05) is 23.8 Å². The molecule has 3 aromatic rings. The molecule has 1 aromatic heterocycles. The molecule has 0 aliphatic heterocycles. The normalized spacial score (nSPS) is 10.4. The lowest BCUT2D eigenvalue weighted by Gasteiger charge is -2.10. The molecule has 0 atom stereocenters. The number of hydrogen-bond acceptors (Lipinski definition) is 3. The maximum Gasteiger partial charge on any atom is 0.339 e. The number of carbonyl (C=O) groups is 1. The molecule has 0 bridgehead atoms. The number of aromatic amines is 1. The average Bonchev–Trinajstić information content (AvgIpc) is 3.04. The van der Waals surface area contributed by atoms with Crippen molar-refractivity contribution in [2.24, 2.45) is 0 Å². The van der Waals surface area contributed by atoms with Crippen LogP contribution in [0, 0.1) is 6.92 Å². The molecular formula is C17H14N2O3. The third-order valence-corrected chi connectivity index (χ3v) is 3.29. The van der Waals surface area contributed by atoms with Gasteiger partial charge < -0.3 is 9.84 Å². The van der Waals surface area contributed by atoms with Gasteiger partial charge in [0, 0.05) is 11.8 Å². The molecular weight excluding hydrogens is 280 g/mol. The van der Waals surface area contributed by atoms with Crippen LogP contribution in [-0.2, 0) is 0 Å². The van der Waals surface area contributed by atoms with Crippen LogP contribution in [0.2, 0.25) is 0 Å². The van der Waals surface area contributed by atoms with E-state index in [1.165, 1.54) is 0 Å². The molecule has 0 radical (unpaired) electrons. The standard InChI is InChI=1S/C17H14N2O3/c1-11-2-5-14(6-3-11)22-16-7-4-12(8-15(16)17(20)21)13-9-18-19-10-13/h2-10H,1H3,(H,18,19)(H,20,21). The van der Waals surface area contributed by atoms with Crippen LogP contribution in [0.1, 0.15) is 15.9 Å². The largest absolute Gasteiger partial charge is 0.478 e. The average molecular weight is 294 g/mol. The Hall–Kier alpha value is -3.08. The molecule has 0 saturated carbocycles. The first-order chi connectivity index (χ1) is 10.6. The fraction of sp³-hybridized carbons (Fsp3) is 0.0588. The van der Waals surface area contributed by atoms with E-state index in [4.69, 9.17) is 4.74 Å². The zero-order valence-corrected chi connectivity index (χ0v) is 11.9. The highest BCUT2D eigenvalue weighted by molar-refractivity contribution is 5.92. The fourth-order valence-corrected chi connectivity index (χ4v) is 2.11. The van der Waals surface area contributed by atoms with Gasteiger partial charge in [-0.3, -0.25) is 5.10 Å². The molecule has 110 valence electrons. The number of nitrogens with zero attached hydrogens (tertiary/aromatic N) is 1. The fourth-order valence-electron chi connectivity index (χ4n) is 2.11. The summed E-state index contributed by atoms with van der Waals surface area (Å²) in [6, 6.07) is 12.5. The number of H-pyrrole nitrogens is 1. The number of hydrogen-bond donors (Lipinski definition) is 2. The summed E-state index contributed by atoms with van der Waals surface area (Å²) in [6.45, 7) is 1.98. The molecule has 0 fully saturated rings. The van der Waals surface area contributed by atoms with E-state index in [2.05, 4.69) is 10.2 Å². The number of ether oxygens (including phenoxy) is 1. The van der Waals surface area contributed by atoms with Crippen LogP contribution < -0.4 is 4.74 Å². The number of benzene rings is 2. The summed E-state index contributed by atoms with van der Waals surface area (Å²) < 4.78 is 5.69. The van der Waals surface area contributed by atoms with Crippen molar-refractivity contribution in [3.8, 4) is 22.6 Å². The highest BCUT2D eigenvalue weighted by atomic mass is 16.5. The molecule has 2 N–H and O–H groups in total. The minimum Gasteiger partial charge on any atom is -0.478 e. The summed E-state index contributed by atoms with van der Waals surface area (Å²) >= 11 is 0. The Balaban J connectivity index is 1.97. The molecule has 0 unspecified atom stereocenters. The van der Waals surface area contributed by atoms with Crippen LogP contribution in [-0.4, -0.2) is 21.3 Å². The zero-order chi connectivity index (χ0) is 15.5. The Labute approximate surface area is 127 Å². The second-order valence-electron chi connectivity index (χ2n) is 4.92. The predicted molar refractivity (Wildman–Crippen MR) is 82.2 cm³/mol. The first kappa shape index (κ1) is 13.9. The van der Waals surface area contributed by atoms with Crippen molar-refractivity contribution in [1.82, 2.24) is 10.2 Å². The van der Waals surface area contributed by atoms with E-state index in [0.717, 1.165) is 16.7 Å². The molecule has 0 amide bonds. The van der Waals surface area contributed by atoms with E-state index in [1.54, 1.807) is 30.6 Å². The van der Waals surface area contributed by atoms with Crippen LogP contribution in [0.5, 0.6) is 11.5 Å². The van der Waals surface area contributed by atoms with Gasteiger partial charge in [0.1, 0.15) is 17.1 Å². The van der Waals surface area contributed by atoms with Gasteiger partial charge in [0.05, 0.1) is 6.20 Å². The summed E-state index contributed by atoms with van der Waals surface area (Å²) in [7, 11) is 0. The molecule has 5 nitrogen and oxygen atoms in total. The van der Waals surface area contributed by atoms with Crippen LogP contribution >= 0.6 is 0 Å². The SMILES string of the molecule is Cc1ccc(Oc2ccc(-c3cn[nH]c3)cc2C(=O)O)cc1. The number of rotatable bonds is 4. The lowest BCUT2D eigenvalue weighted by molar-refractivity contribution is 0.0694. The van der Waals surface area contributed by atoms with Crippen molar-refractivity contribution in [3.63, 3.8) is 0 Å². The molecule has 22 heavy (non-hydrogen) atoms. The molecule has 0 aliphatic rings. The number of aryl methyl sites for hydroxylation is 1. The Bertz CT molecular complexity index is 793. The lowest BCUT2D eigenvalue weighted by atomic mass is 10.1. The van der Waals surface area contributed by atoms with E-state index >= 15 is 0 Å². The summed E-state index contributed by atoms with van der Waals surface area (Å²) in [6.07, 6.45) is 3.35. The van der Waals surface area contributed by atoms with Crippen molar-refractivity contribution < 1.29 is 14.6 Å². The number of aromatic nitrogens is 2. The van der Waals surface area contributed by atoms with Crippen LogP contribution in [0.4, 0.5) is 0 Å². The minimum absolute atomic E-state index is 0.110. The Morgan fingerprint density at radius 1 is 1.14 bits per heavy atom. The highest BCUT2D eigenvalue weighted by Crippen LogP contribution is 2.30. The first-order valence-electron chi connectivity index (χ1n) is 6.74. The molecule has 2 aromatic carbocycles. The summed E-state index contributed by atoms with van der Waals surface area (Å²) in [5, 5.41) is 16.0. The van der Waals surface area contributed by atoms with Crippen molar-refractivity contribution in [3.05, 3.63) is 66.0 Å². The predicted octanol–water partition coefficient (Wildman–Crippen LogP) is 3.88. The topological polar surface area (TPSA) is 75.2 Å². The summed E-state index contributed by atoms with van der Waals surface area (Å²) in [4.78, 5) is 11.5. The number of nitrogens with one attached hydrogen (secondary N) is 1. The van der Waals surface area contributed by atoms with E-state index in [0.29, 0.717) is 11.5 Å². The Morgan fingerprint density at radius 2 is 1.91 bits per heavy atom. The molecule has 5 heteroatoms. The van der Waals surface area contributed by atoms with Gasteiger partial charge in [-0.25, -0.2) is 4.79 Å². The van der Waals surface area contributed by atoms with Crippen molar-refractivity contribution in [1.29, 1.82) is 0 Å². The molecule has 1 heterocycles. The molecule has 0 aliphatic carbocycles. The van der Waals surface area contributed by atoms with E-state index < -0.39 is 5.97 Å². The van der Waals surface area contributed by atoms with E-state index in [9.17, 15) is 9.90 Å². The monoisotopic (exact) mass is 294 g/mol. The van der Waals surface area contributed by atoms with E-state index in [-0.39, 0.29) is 5.56 Å². The number of carboxylic acids is 1. The van der Waals surface area contributed by atoms with Crippen molar-refractivity contribution in [2.45, 2.75) is 6.92 Å². The first-order valence-corrected chi connectivity index (χ1v) is 6.74. The minimum atomic E-state index is -1.03. The van der Waals surface area contributed by atoms with Crippen LogP contribution in [0.3, 0.4) is 0 Å². The van der Waals surface area contributed by atoms with Gasteiger partial charge in [-0.2, -0.15) is 5.10 Å². The summed E-state index contributed by atoms with van der Waals surface area (Å²) in [5.41, 5.74) is 2.81. The van der Waals surface area contributed by atoms with Gasteiger partial charge in [-0.05, 0) is 36.8 Å². The van der Waals surface area contributed by atoms with Crippen molar-refractivity contribution in [2.75, 3.05) is 0 Å². The van der Waals surface area contributed by atoms with Crippen LogP contribution in [0.15, 0.2) is 54.9 Å². The van der Waals surface area contributed by atoms with Gasteiger partial charge in [0.2, 0.25) is 0 Å². The lowest BCUT2D eigenvalue weighted by Crippen LogP contribution is -2.00. The van der Waals surface area contributed by atoms with Gasteiger partial charge in [0.25, 0.3) is 0 Å². The Morgan fingerprint density at radius 3 is 2.55 bits per heavy atom. The number of aromatic carboxylic acids is 1. The van der Waals surface area contributed by atoms with Crippen molar-refractivity contribution >= 4 is 5.97 Å². The second kappa shape index (κ2) is 5.73. The third-order valence-electron chi connectivity index (χ3n) is 3.29. The summed E-state index contributed by atoms with van der Waals surface area (Å²) in [5.74, 6) is -0.125. The Kier molecular flexibility index (Phi) is 3.62. The number of carboxylic acid groups (broad SMARTS) is 1. The maximum absolute atomic E-state index is 11.5. The smallest absolute Gasteiger partial charge is 0.339 e. The zero-order valence-electron chi connectivity index (χ0n) is 11.9. The molecule has 0 saturated heterocycles. The quantitative estimate of drug-likeness (QED) is 0.765. The third kappa shape index (κ3) is 2.83. The highest BCUT2D eigenvalue weighted by Gasteiger charge is 2.14. The van der Waals surface area contributed by atoms with Gasteiger partial charge >= 0.3 is 5.97 Å². The van der Waals surface area contributed by atoms with Crippen LogP contribution in [0.25, 0.3) is 11.1 Å². The molecule has 0 spiro atoms. The van der Waals surface area contributed by atoms with E-state index in [1.807, 2.05) is 31.2 Å². The van der Waals surface area contributed by atoms with Gasteiger partial charge in [-0.15, -0.1) is 0 Å². The molecule has 3 rings (SSSR count). The van der Waals surface area contributed by atoms with Gasteiger partial charge in [0.15, 0.2) is 0 Å².